The van der Waals surface area contributed by atoms with Gasteiger partial charge in [-0.25, -0.2) is 0 Å². The van der Waals surface area contributed by atoms with Gasteiger partial charge in [0.2, 0.25) is 0 Å². The van der Waals surface area contributed by atoms with Gasteiger partial charge in [-0.05, 0) is 12.0 Å². The van der Waals surface area contributed by atoms with E-state index in [1.807, 2.05) is 0 Å². The number of nitrogens with zero attached hydrogens (tertiary/aromatic N) is 1. The highest BCUT2D eigenvalue weighted by atomic mass is 16.5. The zero-order chi connectivity index (χ0) is 9.84. The summed E-state index contributed by atoms with van der Waals surface area (Å²) in [6.45, 7) is 0. The molecule has 70 valence electrons. The summed E-state index contributed by atoms with van der Waals surface area (Å²) in [7, 11) is 0. The van der Waals surface area contributed by atoms with E-state index in [0.717, 1.165) is 5.56 Å². The summed E-state index contributed by atoms with van der Waals surface area (Å²) in [4.78, 5) is 10.4. The van der Waals surface area contributed by atoms with Crippen LogP contribution >= 0.6 is 0 Å². The Morgan fingerprint density at radius 2 is 2.15 bits per heavy atom. The summed E-state index contributed by atoms with van der Waals surface area (Å²) < 4.78 is 0.635. The average molecular weight is 182 g/mol. The van der Waals surface area contributed by atoms with Crippen LogP contribution in [0.15, 0.2) is 24.5 Å². The van der Waals surface area contributed by atoms with E-state index in [0.29, 0.717) is 4.73 Å². The van der Waals surface area contributed by atoms with Gasteiger partial charge in [0, 0.05) is 12.1 Å². The Balaban J connectivity index is 2.64. The molecular formula is C8H10N2O3. The maximum absolute atomic E-state index is 10.6. The van der Waals surface area contributed by atoms with Gasteiger partial charge in [0.05, 0.1) is 0 Å². The average Bonchev–Trinajstić information content (AvgIpc) is 2.08. The highest BCUT2D eigenvalue weighted by Gasteiger charge is 2.11. The van der Waals surface area contributed by atoms with Crippen molar-refractivity contribution in [2.45, 2.75) is 12.5 Å². The Kier molecular flexibility index (Phi) is 2.81. The van der Waals surface area contributed by atoms with E-state index < -0.39 is 12.0 Å². The lowest BCUT2D eigenvalue weighted by Crippen LogP contribution is -2.32. The second-order valence-corrected chi connectivity index (χ2v) is 2.72. The molecule has 1 heterocycles. The molecule has 0 amide bonds. The molecule has 5 heteroatoms. The van der Waals surface area contributed by atoms with Crippen molar-refractivity contribution in [3.05, 3.63) is 35.3 Å². The molecule has 3 N–H and O–H groups in total. The van der Waals surface area contributed by atoms with Gasteiger partial charge in [-0.3, -0.25) is 4.79 Å². The number of rotatable bonds is 3. The molecule has 1 rings (SSSR count). The molecule has 0 radical (unpaired) electrons. The molecule has 0 fully saturated rings. The molecule has 0 aromatic carbocycles. The Morgan fingerprint density at radius 3 is 2.62 bits per heavy atom. The molecular weight excluding hydrogens is 172 g/mol. The van der Waals surface area contributed by atoms with Crippen molar-refractivity contribution < 1.29 is 14.6 Å². The molecule has 5 nitrogen and oxygen atoms in total. The quantitative estimate of drug-likeness (QED) is 0.476. The molecule has 0 saturated carbocycles. The SMILES string of the molecule is N[C@@H](Cc1cc[n+]([O-])cc1)C(=O)O. The van der Waals surface area contributed by atoms with Gasteiger partial charge in [-0.15, -0.1) is 0 Å². The van der Waals surface area contributed by atoms with Crippen molar-refractivity contribution in [3.63, 3.8) is 0 Å². The first-order chi connectivity index (χ1) is 6.09. The standard InChI is InChI=1S/C8H10N2O3/c9-7(8(11)12)5-6-1-3-10(13)4-2-6/h1-4,7H,5,9H2,(H,11,12)/t7-/m0/s1. The number of carboxylic acid groups (broad SMARTS) is 1. The largest absolute Gasteiger partial charge is 0.619 e. The minimum absolute atomic E-state index is 0.232. The monoisotopic (exact) mass is 182 g/mol. The fraction of sp³-hybridized carbons (Fsp3) is 0.250. The second kappa shape index (κ2) is 3.86. The van der Waals surface area contributed by atoms with E-state index in [1.165, 1.54) is 12.4 Å². The van der Waals surface area contributed by atoms with Crippen LogP contribution in [-0.4, -0.2) is 17.1 Å². The molecule has 0 aliphatic rings. The fourth-order valence-corrected chi connectivity index (χ4v) is 0.921. The van der Waals surface area contributed by atoms with E-state index in [2.05, 4.69) is 0 Å². The van der Waals surface area contributed by atoms with Gasteiger partial charge in [0.1, 0.15) is 6.04 Å². The molecule has 1 aromatic heterocycles. The molecule has 0 saturated heterocycles. The summed E-state index contributed by atoms with van der Waals surface area (Å²) in [6.07, 6.45) is 2.85. The van der Waals surface area contributed by atoms with E-state index in [4.69, 9.17) is 10.8 Å². The molecule has 0 unspecified atom stereocenters. The molecule has 1 atom stereocenters. The molecule has 13 heavy (non-hydrogen) atoms. The van der Waals surface area contributed by atoms with Crippen molar-refractivity contribution in [2.75, 3.05) is 0 Å². The first kappa shape index (κ1) is 9.47. The van der Waals surface area contributed by atoms with Crippen molar-refractivity contribution in [1.82, 2.24) is 0 Å². The van der Waals surface area contributed by atoms with Gasteiger partial charge >= 0.3 is 5.97 Å². The Hall–Kier alpha value is -1.62. The highest BCUT2D eigenvalue weighted by molar-refractivity contribution is 5.73. The lowest BCUT2D eigenvalue weighted by molar-refractivity contribution is -0.605. The van der Waals surface area contributed by atoms with Crippen molar-refractivity contribution >= 4 is 5.97 Å². The minimum Gasteiger partial charge on any atom is -0.619 e. The number of carbonyl (C=O) groups is 1. The minimum atomic E-state index is -1.04. The van der Waals surface area contributed by atoms with Crippen LogP contribution in [0.2, 0.25) is 0 Å². The Bertz CT molecular complexity index is 297. The number of carboxylic acids is 1. The maximum atomic E-state index is 10.6. The Morgan fingerprint density at radius 1 is 1.62 bits per heavy atom. The third-order valence-corrected chi connectivity index (χ3v) is 1.64. The van der Waals surface area contributed by atoms with E-state index in [1.54, 1.807) is 12.1 Å². The van der Waals surface area contributed by atoms with Gasteiger partial charge in [0.25, 0.3) is 0 Å². The molecule has 1 aromatic rings. The maximum Gasteiger partial charge on any atom is 0.320 e. The summed E-state index contributed by atoms with van der Waals surface area (Å²) in [5.74, 6) is -1.04. The van der Waals surface area contributed by atoms with Crippen molar-refractivity contribution in [2.24, 2.45) is 5.73 Å². The topological polar surface area (TPSA) is 90.3 Å². The van der Waals surface area contributed by atoms with Gasteiger partial charge < -0.3 is 16.0 Å². The van der Waals surface area contributed by atoms with E-state index >= 15 is 0 Å². The molecule has 0 aliphatic heterocycles. The normalized spacial score (nSPS) is 12.4. The number of aromatic nitrogens is 1. The van der Waals surface area contributed by atoms with Crippen LogP contribution in [0.1, 0.15) is 5.56 Å². The van der Waals surface area contributed by atoms with Crippen molar-refractivity contribution in [3.8, 4) is 0 Å². The summed E-state index contributed by atoms with van der Waals surface area (Å²) in [5, 5.41) is 19.1. The second-order valence-electron chi connectivity index (χ2n) is 2.72. The van der Waals surface area contributed by atoms with Crippen LogP contribution in [0.4, 0.5) is 0 Å². The smallest absolute Gasteiger partial charge is 0.320 e. The number of nitrogens with two attached hydrogens (primary N) is 1. The van der Waals surface area contributed by atoms with Crippen LogP contribution in [0.3, 0.4) is 0 Å². The lowest BCUT2D eigenvalue weighted by atomic mass is 10.1. The summed E-state index contributed by atoms with van der Waals surface area (Å²) in [6, 6.07) is 2.19. The predicted octanol–water partition coefficient (Wildman–Crippen LogP) is -0.726. The summed E-state index contributed by atoms with van der Waals surface area (Å²) >= 11 is 0. The summed E-state index contributed by atoms with van der Waals surface area (Å²) in [5.41, 5.74) is 6.04. The fourth-order valence-electron chi connectivity index (χ4n) is 0.921. The number of aliphatic carboxylic acids is 1. The third kappa shape index (κ3) is 2.72. The van der Waals surface area contributed by atoms with Gasteiger partial charge in [0.15, 0.2) is 12.4 Å². The van der Waals surface area contributed by atoms with Crippen molar-refractivity contribution in [1.29, 1.82) is 0 Å². The third-order valence-electron chi connectivity index (χ3n) is 1.64. The molecule has 0 bridgehead atoms. The number of hydrogen-bond donors (Lipinski definition) is 2. The van der Waals surface area contributed by atoms with Crippen LogP contribution < -0.4 is 10.5 Å². The molecule has 0 aliphatic carbocycles. The first-order valence-corrected chi connectivity index (χ1v) is 3.75. The molecule has 0 spiro atoms. The zero-order valence-electron chi connectivity index (χ0n) is 6.88. The van der Waals surface area contributed by atoms with Crippen LogP contribution in [-0.2, 0) is 11.2 Å². The van der Waals surface area contributed by atoms with Crippen LogP contribution in [0.25, 0.3) is 0 Å². The predicted molar refractivity (Wildman–Crippen MR) is 44.7 cm³/mol. The lowest BCUT2D eigenvalue weighted by Gasteiger charge is -2.05. The zero-order valence-corrected chi connectivity index (χ0v) is 6.88. The van der Waals surface area contributed by atoms with E-state index in [9.17, 15) is 10.0 Å². The van der Waals surface area contributed by atoms with Gasteiger partial charge in [-0.2, -0.15) is 4.73 Å². The van der Waals surface area contributed by atoms with Crippen LogP contribution in [0, 0.1) is 5.21 Å². The highest BCUT2D eigenvalue weighted by Crippen LogP contribution is 1.99. The first-order valence-electron chi connectivity index (χ1n) is 3.75. The number of hydrogen-bond acceptors (Lipinski definition) is 3. The van der Waals surface area contributed by atoms with Crippen LogP contribution in [0.5, 0.6) is 0 Å². The Labute approximate surface area is 75.0 Å². The van der Waals surface area contributed by atoms with Gasteiger partial charge in [-0.1, -0.05) is 0 Å². The number of pyridine rings is 1. The van der Waals surface area contributed by atoms with E-state index in [-0.39, 0.29) is 6.42 Å².